The molecule has 3 aromatic carbocycles. The Labute approximate surface area is 209 Å². The van der Waals surface area contributed by atoms with Crippen molar-refractivity contribution in [3.05, 3.63) is 83.9 Å². The van der Waals surface area contributed by atoms with Crippen LogP contribution in [0.25, 0.3) is 11.1 Å². The van der Waals surface area contributed by atoms with Gasteiger partial charge in [-0.2, -0.15) is 13.2 Å². The fourth-order valence-electron chi connectivity index (χ4n) is 3.87. The van der Waals surface area contributed by atoms with Crippen molar-refractivity contribution in [2.45, 2.75) is 17.2 Å². The highest BCUT2D eigenvalue weighted by molar-refractivity contribution is 7.89. The van der Waals surface area contributed by atoms with E-state index in [2.05, 4.69) is 15.3 Å². The van der Waals surface area contributed by atoms with Crippen LogP contribution in [0.1, 0.15) is 11.1 Å². The summed E-state index contributed by atoms with van der Waals surface area (Å²) in [5.41, 5.74) is 6.54. The minimum absolute atomic E-state index is 0.100. The lowest BCUT2D eigenvalue weighted by atomic mass is 9.90. The number of benzene rings is 3. The third kappa shape index (κ3) is 5.47. The van der Waals surface area contributed by atoms with Crippen LogP contribution in [-0.2, 0) is 19.7 Å². The lowest BCUT2D eigenvalue weighted by Gasteiger charge is -2.21. The molecule has 6 N–H and O–H groups in total. The number of rotatable bonds is 6. The maximum atomic E-state index is 13.7. The van der Waals surface area contributed by atoms with Gasteiger partial charge in [-0.05, 0) is 29.8 Å². The predicted molar refractivity (Wildman–Crippen MR) is 130 cm³/mol. The molecule has 9 nitrogen and oxygen atoms in total. The number of anilines is 1. The van der Waals surface area contributed by atoms with E-state index in [1.54, 1.807) is 12.1 Å². The summed E-state index contributed by atoms with van der Waals surface area (Å²) in [6.07, 6.45) is -7.42. The smallest absolute Gasteiger partial charge is 0.384 e. The SMILES string of the molecule is N=C(N)c1cccc(C2=NOC(C(F)(F)F)C2C(=O)Nc2ccc(-c3ccccc3S(N)(=O)=O)cc2)c1. The number of oxime groups is 1. The minimum Gasteiger partial charge on any atom is -0.384 e. The first kappa shape index (κ1) is 25.9. The van der Waals surface area contributed by atoms with Crippen LogP contribution in [0.3, 0.4) is 0 Å². The number of amides is 1. The third-order valence-electron chi connectivity index (χ3n) is 5.59. The third-order valence-corrected chi connectivity index (χ3v) is 6.56. The van der Waals surface area contributed by atoms with E-state index in [9.17, 15) is 26.4 Å². The van der Waals surface area contributed by atoms with Crippen molar-refractivity contribution in [2.75, 3.05) is 5.32 Å². The second-order valence-electron chi connectivity index (χ2n) is 8.12. The van der Waals surface area contributed by atoms with E-state index < -0.39 is 34.1 Å². The van der Waals surface area contributed by atoms with E-state index in [-0.39, 0.29) is 33.3 Å². The van der Waals surface area contributed by atoms with Crippen molar-refractivity contribution < 1.29 is 31.2 Å². The van der Waals surface area contributed by atoms with E-state index in [4.69, 9.17) is 16.3 Å². The maximum absolute atomic E-state index is 13.7. The Balaban J connectivity index is 1.62. The average molecular weight is 532 g/mol. The van der Waals surface area contributed by atoms with Crippen molar-refractivity contribution >= 4 is 33.2 Å². The standard InChI is InChI=1S/C24H20F3N5O4S/c25-24(26,27)21-19(20(32-36-21)14-4-3-5-15(12-14)22(28)29)23(33)31-16-10-8-13(9-11-16)17-6-1-2-7-18(17)37(30,34)35/h1-12,19,21H,(H3,28,29)(H,31,33)(H2,30,34,35). The fourth-order valence-corrected chi connectivity index (χ4v) is 4.63. The van der Waals surface area contributed by atoms with Gasteiger partial charge in [0.05, 0.1) is 4.90 Å². The largest absolute Gasteiger partial charge is 0.429 e. The molecule has 4 rings (SSSR count). The first-order valence-electron chi connectivity index (χ1n) is 10.6. The van der Waals surface area contributed by atoms with Gasteiger partial charge >= 0.3 is 6.18 Å². The van der Waals surface area contributed by atoms with Gasteiger partial charge in [-0.1, -0.05) is 53.7 Å². The van der Waals surface area contributed by atoms with Crippen molar-refractivity contribution in [3.63, 3.8) is 0 Å². The highest BCUT2D eigenvalue weighted by Crippen LogP contribution is 2.36. The number of hydrogen-bond donors (Lipinski definition) is 4. The number of alkyl halides is 3. The molecule has 1 amide bonds. The van der Waals surface area contributed by atoms with Gasteiger partial charge in [-0.3, -0.25) is 10.2 Å². The number of hydrogen-bond acceptors (Lipinski definition) is 6. The molecule has 2 atom stereocenters. The zero-order valence-electron chi connectivity index (χ0n) is 18.9. The second-order valence-corrected chi connectivity index (χ2v) is 9.65. The highest BCUT2D eigenvalue weighted by Gasteiger charge is 2.55. The number of carbonyl (C=O) groups is 1. The summed E-state index contributed by atoms with van der Waals surface area (Å²) in [4.78, 5) is 17.6. The highest BCUT2D eigenvalue weighted by atomic mass is 32.2. The van der Waals surface area contributed by atoms with Gasteiger partial charge in [0, 0.05) is 22.4 Å². The van der Waals surface area contributed by atoms with Crippen LogP contribution in [0.4, 0.5) is 18.9 Å². The Morgan fingerprint density at radius 1 is 1.00 bits per heavy atom. The molecule has 0 radical (unpaired) electrons. The summed E-state index contributed by atoms with van der Waals surface area (Å²) in [6.45, 7) is 0. The molecule has 1 aliphatic heterocycles. The quantitative estimate of drug-likeness (QED) is 0.283. The van der Waals surface area contributed by atoms with Crippen molar-refractivity contribution in [1.82, 2.24) is 0 Å². The van der Waals surface area contributed by atoms with Crippen molar-refractivity contribution in [2.24, 2.45) is 21.9 Å². The normalized spacial score (nSPS) is 17.6. The zero-order valence-corrected chi connectivity index (χ0v) is 19.7. The molecule has 1 aliphatic rings. The Bertz CT molecular complexity index is 1510. The van der Waals surface area contributed by atoms with E-state index in [1.165, 1.54) is 60.7 Å². The predicted octanol–water partition coefficient (Wildman–Crippen LogP) is 3.21. The van der Waals surface area contributed by atoms with Gasteiger partial charge in [-0.25, -0.2) is 13.6 Å². The number of carbonyl (C=O) groups excluding carboxylic acids is 1. The molecular weight excluding hydrogens is 511 g/mol. The molecule has 0 aliphatic carbocycles. The molecule has 0 saturated heterocycles. The minimum atomic E-state index is -4.90. The molecule has 0 aromatic heterocycles. The molecule has 2 unspecified atom stereocenters. The van der Waals surface area contributed by atoms with Crippen molar-refractivity contribution in [3.8, 4) is 11.1 Å². The molecule has 37 heavy (non-hydrogen) atoms. The number of nitrogens with two attached hydrogens (primary N) is 2. The number of amidine groups is 1. The molecule has 0 bridgehead atoms. The van der Waals surface area contributed by atoms with Crippen LogP contribution >= 0.6 is 0 Å². The van der Waals surface area contributed by atoms with E-state index in [0.29, 0.717) is 11.1 Å². The summed E-state index contributed by atoms with van der Waals surface area (Å²) in [5.74, 6) is -3.17. The molecule has 192 valence electrons. The van der Waals surface area contributed by atoms with E-state index in [1.807, 2.05) is 0 Å². The van der Waals surface area contributed by atoms with Crippen LogP contribution in [-0.4, -0.2) is 38.2 Å². The van der Waals surface area contributed by atoms with E-state index >= 15 is 0 Å². The molecule has 13 heteroatoms. The Kier molecular flexibility index (Phi) is 6.76. The van der Waals surface area contributed by atoms with Crippen molar-refractivity contribution in [1.29, 1.82) is 5.41 Å². The monoisotopic (exact) mass is 531 g/mol. The Hall–Kier alpha value is -4.23. The number of nitrogens with zero attached hydrogens (tertiary/aromatic N) is 1. The molecule has 0 saturated carbocycles. The average Bonchev–Trinajstić information content (AvgIpc) is 3.30. The summed E-state index contributed by atoms with van der Waals surface area (Å²) in [5, 5.41) is 18.8. The summed E-state index contributed by atoms with van der Waals surface area (Å²) >= 11 is 0. The summed E-state index contributed by atoms with van der Waals surface area (Å²) in [6, 6.07) is 17.6. The van der Waals surface area contributed by atoms with Crippen LogP contribution in [0, 0.1) is 11.3 Å². The van der Waals surface area contributed by atoms with Gasteiger partial charge in [0.2, 0.25) is 22.0 Å². The number of sulfonamides is 1. The Morgan fingerprint density at radius 3 is 2.30 bits per heavy atom. The molecule has 3 aromatic rings. The first-order chi connectivity index (χ1) is 17.4. The molecule has 0 spiro atoms. The molecule has 0 fully saturated rings. The number of primary sulfonamides is 1. The van der Waals surface area contributed by atoms with Crippen LogP contribution in [0.2, 0.25) is 0 Å². The van der Waals surface area contributed by atoms with Crippen LogP contribution in [0.5, 0.6) is 0 Å². The number of nitrogens with one attached hydrogen (secondary N) is 2. The van der Waals surface area contributed by atoms with Gasteiger partial charge in [0.15, 0.2) is 0 Å². The maximum Gasteiger partial charge on any atom is 0.429 e. The van der Waals surface area contributed by atoms with Gasteiger partial charge in [0.25, 0.3) is 0 Å². The summed E-state index contributed by atoms with van der Waals surface area (Å²) in [7, 11) is -4.01. The molecule has 1 heterocycles. The fraction of sp³-hybridized carbons (Fsp3) is 0.125. The lowest BCUT2D eigenvalue weighted by molar-refractivity contribution is -0.221. The van der Waals surface area contributed by atoms with Crippen LogP contribution in [0.15, 0.2) is 82.8 Å². The lowest BCUT2D eigenvalue weighted by Crippen LogP contribution is -2.44. The van der Waals surface area contributed by atoms with Gasteiger partial charge in [0.1, 0.15) is 17.5 Å². The Morgan fingerprint density at radius 2 is 1.68 bits per heavy atom. The number of halogens is 3. The van der Waals surface area contributed by atoms with E-state index in [0.717, 1.165) is 0 Å². The first-order valence-corrected chi connectivity index (χ1v) is 12.2. The zero-order chi connectivity index (χ0) is 27.0. The van der Waals surface area contributed by atoms with Gasteiger partial charge < -0.3 is 15.9 Å². The second kappa shape index (κ2) is 9.67. The topological polar surface area (TPSA) is 161 Å². The van der Waals surface area contributed by atoms with Gasteiger partial charge in [-0.15, -0.1) is 0 Å². The number of nitrogen functional groups attached to an aromatic ring is 1. The van der Waals surface area contributed by atoms with Crippen LogP contribution < -0.4 is 16.2 Å². The molecular formula is C24H20F3N5O4S. The summed E-state index contributed by atoms with van der Waals surface area (Å²) < 4.78 is 64.9.